The molecule has 1 saturated carbocycles. The fourth-order valence-electron chi connectivity index (χ4n) is 6.42. The fraction of sp³-hybridized carbons (Fsp3) is 0.448. The third-order valence-corrected chi connectivity index (χ3v) is 8.22. The lowest BCUT2D eigenvalue weighted by Gasteiger charge is -2.42. The van der Waals surface area contributed by atoms with E-state index in [0.717, 1.165) is 0 Å². The SMILES string of the molecule is C[C@@H](O[C@H]1CC[C@@H]2C(C3=CC(=O)CC3=O)NC[C@H]2[C@@H]1c1ccc(F)cc1)c1cc(C(F)(F)F)cc(C(F)(F)F)c1. The van der Waals surface area contributed by atoms with E-state index in [1.807, 2.05) is 0 Å². The highest BCUT2D eigenvalue weighted by Crippen LogP contribution is 2.49. The van der Waals surface area contributed by atoms with Crippen molar-refractivity contribution in [2.75, 3.05) is 6.54 Å². The van der Waals surface area contributed by atoms with E-state index in [-0.39, 0.29) is 53.4 Å². The van der Waals surface area contributed by atoms with Gasteiger partial charge in [-0.25, -0.2) is 4.39 Å². The minimum atomic E-state index is -4.98. The van der Waals surface area contributed by atoms with Gasteiger partial charge in [0.15, 0.2) is 11.6 Å². The standard InChI is InChI=1S/C29H26F7NO3/c1-14(16-8-17(28(31,32)33)10-18(9-16)29(34,35)36)40-25-7-6-21-23(26(25)15-2-4-19(30)5-3-15)13-37-27(21)22-11-20(38)12-24(22)39/h2-5,8-11,14,21,23,25-27,37H,6-7,12-13H2,1H3/t14-,21+,23-,25+,26+,27?/m1/s1. The van der Waals surface area contributed by atoms with Crippen LogP contribution >= 0.6 is 0 Å². The highest BCUT2D eigenvalue weighted by molar-refractivity contribution is 6.19. The Morgan fingerprint density at radius 3 is 2.08 bits per heavy atom. The number of carbonyl (C=O) groups excluding carboxylic acids is 2. The lowest BCUT2D eigenvalue weighted by atomic mass is 9.66. The Kier molecular flexibility index (Phi) is 7.41. The van der Waals surface area contributed by atoms with E-state index < -0.39 is 41.5 Å². The maximum atomic E-state index is 13.8. The molecule has 0 radical (unpaired) electrons. The van der Waals surface area contributed by atoms with Crippen LogP contribution in [0.5, 0.6) is 0 Å². The van der Waals surface area contributed by atoms with Gasteiger partial charge in [0.1, 0.15) is 5.82 Å². The molecule has 6 atom stereocenters. The molecule has 11 heteroatoms. The summed E-state index contributed by atoms with van der Waals surface area (Å²) < 4.78 is 101. The molecule has 1 N–H and O–H groups in total. The molecule has 1 unspecified atom stereocenters. The number of benzene rings is 2. The first-order chi connectivity index (χ1) is 18.7. The molecule has 0 aromatic heterocycles. The van der Waals surface area contributed by atoms with Crippen LogP contribution in [0.15, 0.2) is 54.1 Å². The van der Waals surface area contributed by atoms with Crippen LogP contribution in [-0.2, 0) is 26.7 Å². The molecule has 5 rings (SSSR count). The number of rotatable bonds is 5. The summed E-state index contributed by atoms with van der Waals surface area (Å²) >= 11 is 0. The van der Waals surface area contributed by atoms with Crippen LogP contribution < -0.4 is 5.32 Å². The monoisotopic (exact) mass is 569 g/mol. The molecular weight excluding hydrogens is 543 g/mol. The zero-order chi connectivity index (χ0) is 29.0. The van der Waals surface area contributed by atoms with Gasteiger partial charge in [-0.3, -0.25) is 9.59 Å². The van der Waals surface area contributed by atoms with Gasteiger partial charge in [0.25, 0.3) is 0 Å². The highest BCUT2D eigenvalue weighted by Gasteiger charge is 2.50. The van der Waals surface area contributed by atoms with E-state index in [9.17, 15) is 40.3 Å². The van der Waals surface area contributed by atoms with Gasteiger partial charge >= 0.3 is 12.4 Å². The number of hydrogen-bond donors (Lipinski definition) is 1. The highest BCUT2D eigenvalue weighted by atomic mass is 19.4. The van der Waals surface area contributed by atoms with Gasteiger partial charge in [-0.05, 0) is 85.7 Å². The number of nitrogens with one attached hydrogen (secondary N) is 1. The summed E-state index contributed by atoms with van der Waals surface area (Å²) in [6.45, 7) is 1.85. The Morgan fingerprint density at radius 1 is 0.900 bits per heavy atom. The van der Waals surface area contributed by atoms with Crippen molar-refractivity contribution in [2.24, 2.45) is 11.8 Å². The third-order valence-electron chi connectivity index (χ3n) is 8.22. The zero-order valence-electron chi connectivity index (χ0n) is 21.3. The Hall–Kier alpha value is -3.05. The lowest BCUT2D eigenvalue weighted by Crippen LogP contribution is -2.40. The number of halogens is 7. The van der Waals surface area contributed by atoms with Crippen LogP contribution in [0.3, 0.4) is 0 Å². The second-order valence-electron chi connectivity index (χ2n) is 10.7. The van der Waals surface area contributed by atoms with E-state index in [1.165, 1.54) is 25.1 Å². The number of Topliss-reactive ketones (excluding diaryl/α,β-unsaturated/α-hetero) is 1. The molecule has 0 bridgehead atoms. The largest absolute Gasteiger partial charge is 0.416 e. The summed E-state index contributed by atoms with van der Waals surface area (Å²) in [6, 6.07) is 6.80. The van der Waals surface area contributed by atoms with Crippen molar-refractivity contribution < 1.29 is 45.1 Å². The number of fused-ring (bicyclic) bond motifs is 1. The molecule has 3 aliphatic rings. The Labute approximate surface area is 225 Å². The topological polar surface area (TPSA) is 55.4 Å². The van der Waals surface area contributed by atoms with Crippen molar-refractivity contribution in [1.82, 2.24) is 5.32 Å². The molecule has 4 nitrogen and oxygen atoms in total. The van der Waals surface area contributed by atoms with E-state index in [0.29, 0.717) is 42.7 Å². The summed E-state index contributed by atoms with van der Waals surface area (Å²) in [6.07, 6.45) is -9.56. The first kappa shape index (κ1) is 28.5. The molecular formula is C29H26F7NO3. The number of ketones is 2. The van der Waals surface area contributed by atoms with Crippen LogP contribution in [-0.4, -0.2) is 30.3 Å². The molecule has 1 heterocycles. The molecule has 1 aliphatic heterocycles. The van der Waals surface area contributed by atoms with Crippen LogP contribution in [0.25, 0.3) is 0 Å². The molecule has 0 spiro atoms. The molecule has 2 fully saturated rings. The Morgan fingerprint density at radius 2 is 1.52 bits per heavy atom. The average Bonchev–Trinajstić information content (AvgIpc) is 3.45. The molecule has 40 heavy (non-hydrogen) atoms. The van der Waals surface area contributed by atoms with Gasteiger partial charge in [0.05, 0.1) is 29.8 Å². The predicted octanol–water partition coefficient (Wildman–Crippen LogP) is 6.56. The maximum Gasteiger partial charge on any atom is 0.416 e. The summed E-state index contributed by atoms with van der Waals surface area (Å²) in [7, 11) is 0. The van der Waals surface area contributed by atoms with E-state index in [2.05, 4.69) is 5.32 Å². The second-order valence-corrected chi connectivity index (χ2v) is 10.7. The summed E-state index contributed by atoms with van der Waals surface area (Å²) in [5.74, 6) is -1.56. The molecule has 2 aromatic rings. The lowest BCUT2D eigenvalue weighted by molar-refractivity contribution is -0.143. The summed E-state index contributed by atoms with van der Waals surface area (Å²) in [5.41, 5.74) is -1.97. The Bertz CT molecular complexity index is 1300. The average molecular weight is 570 g/mol. The number of hydrogen-bond acceptors (Lipinski definition) is 4. The van der Waals surface area contributed by atoms with Crippen LogP contribution in [0.4, 0.5) is 30.7 Å². The molecule has 1 saturated heterocycles. The van der Waals surface area contributed by atoms with Crippen molar-refractivity contribution in [3.8, 4) is 0 Å². The smallest absolute Gasteiger partial charge is 0.370 e. The van der Waals surface area contributed by atoms with Gasteiger partial charge < -0.3 is 10.1 Å². The number of carbonyl (C=O) groups is 2. The second kappa shape index (κ2) is 10.4. The van der Waals surface area contributed by atoms with Gasteiger partial charge in [-0.15, -0.1) is 0 Å². The van der Waals surface area contributed by atoms with Crippen LogP contribution in [0.2, 0.25) is 0 Å². The van der Waals surface area contributed by atoms with Gasteiger partial charge in [-0.1, -0.05) is 12.1 Å². The van der Waals surface area contributed by atoms with E-state index in [4.69, 9.17) is 4.74 Å². The number of allylic oxidation sites excluding steroid dienone is 1. The zero-order valence-corrected chi connectivity index (χ0v) is 21.3. The van der Waals surface area contributed by atoms with Gasteiger partial charge in [-0.2, -0.15) is 26.3 Å². The first-order valence-corrected chi connectivity index (χ1v) is 12.9. The quantitative estimate of drug-likeness (QED) is 0.328. The summed E-state index contributed by atoms with van der Waals surface area (Å²) in [4.78, 5) is 24.3. The van der Waals surface area contributed by atoms with Gasteiger partial charge in [0, 0.05) is 17.5 Å². The minimum Gasteiger partial charge on any atom is -0.370 e. The number of ether oxygens (including phenoxy) is 1. The van der Waals surface area contributed by atoms with E-state index in [1.54, 1.807) is 12.1 Å². The van der Waals surface area contributed by atoms with Crippen molar-refractivity contribution >= 4 is 11.6 Å². The molecule has 2 aromatic carbocycles. The third kappa shape index (κ3) is 5.58. The molecule has 214 valence electrons. The summed E-state index contributed by atoms with van der Waals surface area (Å²) in [5, 5.41) is 3.34. The normalized spacial score (nSPS) is 28.0. The predicted molar refractivity (Wildman–Crippen MR) is 130 cm³/mol. The van der Waals surface area contributed by atoms with Gasteiger partial charge in [0.2, 0.25) is 0 Å². The van der Waals surface area contributed by atoms with Crippen molar-refractivity contribution in [3.63, 3.8) is 0 Å². The van der Waals surface area contributed by atoms with E-state index >= 15 is 0 Å². The minimum absolute atomic E-state index is 0.0725. The van der Waals surface area contributed by atoms with Crippen molar-refractivity contribution in [2.45, 2.75) is 62.7 Å². The van der Waals surface area contributed by atoms with Crippen LogP contribution in [0, 0.1) is 17.7 Å². The molecule has 2 aliphatic carbocycles. The number of alkyl halides is 6. The van der Waals surface area contributed by atoms with Crippen molar-refractivity contribution in [3.05, 3.63) is 82.2 Å². The van der Waals surface area contributed by atoms with Crippen LogP contribution in [0.1, 0.15) is 60.5 Å². The van der Waals surface area contributed by atoms with Crippen molar-refractivity contribution in [1.29, 1.82) is 0 Å². The Balaban J connectivity index is 1.46. The maximum absolute atomic E-state index is 13.8. The molecule has 0 amide bonds. The first-order valence-electron chi connectivity index (χ1n) is 12.9. The fourth-order valence-corrected chi connectivity index (χ4v) is 6.42.